The predicted octanol–water partition coefficient (Wildman–Crippen LogP) is 2.48. The van der Waals surface area contributed by atoms with E-state index in [9.17, 15) is 4.79 Å². The molecule has 0 bridgehead atoms. The van der Waals surface area contributed by atoms with E-state index in [0.29, 0.717) is 18.6 Å². The molecule has 1 saturated carbocycles. The van der Waals surface area contributed by atoms with Crippen LogP contribution >= 0.6 is 0 Å². The van der Waals surface area contributed by atoms with E-state index in [0.717, 1.165) is 45.4 Å². The van der Waals surface area contributed by atoms with E-state index >= 15 is 0 Å². The second-order valence-corrected chi connectivity index (χ2v) is 6.96. The Balaban J connectivity index is 1.75. The smallest absolute Gasteiger partial charge is 0.308 e. The first-order valence-corrected chi connectivity index (χ1v) is 9.16. The summed E-state index contributed by atoms with van der Waals surface area (Å²) in [6.07, 6.45) is 4.21. The average Bonchev–Trinajstić information content (AvgIpc) is 2.80. The van der Waals surface area contributed by atoms with Gasteiger partial charge in [0.05, 0.1) is 37.4 Å². The van der Waals surface area contributed by atoms with Crippen LogP contribution in [0.4, 0.5) is 0 Å². The van der Waals surface area contributed by atoms with Crippen LogP contribution < -0.4 is 0 Å². The Bertz CT molecular complexity index is 368. The summed E-state index contributed by atoms with van der Waals surface area (Å²) in [7, 11) is 2.15. The number of hydrogen-bond donors (Lipinski definition) is 0. The lowest BCUT2D eigenvalue weighted by molar-refractivity contribution is -0.150. The molecule has 0 spiro atoms. The van der Waals surface area contributed by atoms with Gasteiger partial charge in [0.1, 0.15) is 0 Å². The number of nitrogens with zero attached hydrogens (tertiary/aromatic N) is 1. The van der Waals surface area contributed by atoms with Gasteiger partial charge in [-0.25, -0.2) is 0 Å². The highest BCUT2D eigenvalue weighted by Gasteiger charge is 2.39. The lowest BCUT2D eigenvalue weighted by atomic mass is 9.87. The normalized spacial score (nSPS) is 35.4. The van der Waals surface area contributed by atoms with Gasteiger partial charge in [-0.05, 0) is 52.5 Å². The number of carbonyl (C=O) groups is 1. The van der Waals surface area contributed by atoms with Crippen molar-refractivity contribution in [3.8, 4) is 0 Å². The van der Waals surface area contributed by atoms with E-state index in [4.69, 9.17) is 14.2 Å². The van der Waals surface area contributed by atoms with Crippen LogP contribution in [0.25, 0.3) is 0 Å². The molecule has 5 heteroatoms. The minimum atomic E-state index is -0.0355. The van der Waals surface area contributed by atoms with E-state index in [-0.39, 0.29) is 24.1 Å². The van der Waals surface area contributed by atoms with E-state index < -0.39 is 0 Å². The SMILES string of the molecule is CCOC(=O)C1CCC(OC[C@@H]2[C@@H](OCC)[C@@H](C)CN2C)CC1. The van der Waals surface area contributed by atoms with Gasteiger partial charge >= 0.3 is 5.97 Å². The van der Waals surface area contributed by atoms with E-state index in [1.807, 2.05) is 6.92 Å². The molecule has 0 radical (unpaired) electrons. The third-order valence-corrected chi connectivity index (χ3v) is 5.24. The zero-order chi connectivity index (χ0) is 16.8. The van der Waals surface area contributed by atoms with Crippen LogP contribution in [0, 0.1) is 11.8 Å². The van der Waals surface area contributed by atoms with Crippen LogP contribution in [0.3, 0.4) is 0 Å². The number of ether oxygens (including phenoxy) is 3. The molecule has 3 atom stereocenters. The fraction of sp³-hybridized carbons (Fsp3) is 0.944. The lowest BCUT2D eigenvalue weighted by Gasteiger charge is -2.31. The Labute approximate surface area is 140 Å². The first kappa shape index (κ1) is 18.7. The molecule has 1 saturated heterocycles. The molecule has 0 aromatic rings. The summed E-state index contributed by atoms with van der Waals surface area (Å²) >= 11 is 0. The zero-order valence-corrected chi connectivity index (χ0v) is 15.1. The molecule has 0 unspecified atom stereocenters. The Hall–Kier alpha value is -0.650. The second kappa shape index (κ2) is 9.00. The number of rotatable bonds is 7. The van der Waals surface area contributed by atoms with Crippen molar-refractivity contribution >= 4 is 5.97 Å². The van der Waals surface area contributed by atoms with Gasteiger partial charge in [0.2, 0.25) is 0 Å². The highest BCUT2D eigenvalue weighted by atomic mass is 16.5. The van der Waals surface area contributed by atoms with Gasteiger partial charge in [-0.2, -0.15) is 0 Å². The average molecular weight is 327 g/mol. The standard InChI is InChI=1S/C18H33NO4/c1-5-21-17-13(3)11-19(4)16(17)12-23-15-9-7-14(8-10-15)18(20)22-6-2/h13-17H,5-12H2,1-4H3/t13-,14?,15?,16+,17-/m0/s1. The highest BCUT2D eigenvalue weighted by molar-refractivity contribution is 5.72. The van der Waals surface area contributed by atoms with Crippen LogP contribution in [-0.2, 0) is 19.0 Å². The number of esters is 1. The third-order valence-electron chi connectivity index (χ3n) is 5.24. The first-order chi connectivity index (χ1) is 11.1. The molecule has 0 aromatic carbocycles. The minimum Gasteiger partial charge on any atom is -0.466 e. The summed E-state index contributed by atoms with van der Waals surface area (Å²) in [4.78, 5) is 14.1. The quantitative estimate of drug-likeness (QED) is 0.672. The first-order valence-electron chi connectivity index (χ1n) is 9.16. The van der Waals surface area contributed by atoms with Crippen LogP contribution in [-0.4, -0.2) is 62.5 Å². The maximum Gasteiger partial charge on any atom is 0.308 e. The van der Waals surface area contributed by atoms with E-state index in [2.05, 4.69) is 25.8 Å². The van der Waals surface area contributed by atoms with Gasteiger partial charge in [-0.1, -0.05) is 6.92 Å². The van der Waals surface area contributed by atoms with Crippen LogP contribution in [0.15, 0.2) is 0 Å². The van der Waals surface area contributed by atoms with Gasteiger partial charge in [-0.15, -0.1) is 0 Å². The lowest BCUT2D eigenvalue weighted by Crippen LogP contribution is -2.40. The molecule has 0 amide bonds. The highest BCUT2D eigenvalue weighted by Crippen LogP contribution is 2.29. The summed E-state index contributed by atoms with van der Waals surface area (Å²) in [5.74, 6) is 0.583. The number of likely N-dealkylation sites (N-methyl/N-ethyl adjacent to an activating group) is 1. The monoisotopic (exact) mass is 327 g/mol. The molecule has 1 aliphatic carbocycles. The predicted molar refractivity (Wildman–Crippen MR) is 89.3 cm³/mol. The van der Waals surface area contributed by atoms with Crippen molar-refractivity contribution in [3.63, 3.8) is 0 Å². The molecule has 0 aromatic heterocycles. The van der Waals surface area contributed by atoms with Gasteiger partial charge in [0.15, 0.2) is 0 Å². The molecule has 2 aliphatic rings. The van der Waals surface area contributed by atoms with Crippen LogP contribution in [0.5, 0.6) is 0 Å². The summed E-state index contributed by atoms with van der Waals surface area (Å²) in [6.45, 7) is 9.18. The third kappa shape index (κ3) is 4.91. The fourth-order valence-corrected chi connectivity index (χ4v) is 3.97. The van der Waals surface area contributed by atoms with Crippen molar-refractivity contribution in [2.75, 3.05) is 33.4 Å². The van der Waals surface area contributed by atoms with Gasteiger partial charge in [-0.3, -0.25) is 9.69 Å². The molecule has 134 valence electrons. The minimum absolute atomic E-state index is 0.0355. The van der Waals surface area contributed by atoms with Gasteiger partial charge in [0.25, 0.3) is 0 Å². The molecule has 1 heterocycles. The Kier molecular flexibility index (Phi) is 7.31. The van der Waals surface area contributed by atoms with Gasteiger partial charge < -0.3 is 14.2 Å². The molecular weight excluding hydrogens is 294 g/mol. The summed E-state index contributed by atoms with van der Waals surface area (Å²) in [5.41, 5.74) is 0. The van der Waals surface area contributed by atoms with Crippen molar-refractivity contribution < 1.29 is 19.0 Å². The summed E-state index contributed by atoms with van der Waals surface area (Å²) in [5, 5.41) is 0. The molecule has 0 N–H and O–H groups in total. The summed E-state index contributed by atoms with van der Waals surface area (Å²) in [6, 6.07) is 0.340. The van der Waals surface area contributed by atoms with E-state index in [1.54, 1.807) is 0 Å². The number of likely N-dealkylation sites (tertiary alicyclic amines) is 1. The maximum atomic E-state index is 11.8. The Morgan fingerprint density at radius 1 is 1.09 bits per heavy atom. The van der Waals surface area contributed by atoms with Gasteiger partial charge in [0, 0.05) is 13.2 Å². The molecule has 2 fully saturated rings. The van der Waals surface area contributed by atoms with Crippen LogP contribution in [0.2, 0.25) is 0 Å². The van der Waals surface area contributed by atoms with Crippen molar-refractivity contribution in [2.45, 2.75) is 64.7 Å². The zero-order valence-electron chi connectivity index (χ0n) is 15.1. The van der Waals surface area contributed by atoms with Crippen molar-refractivity contribution in [1.29, 1.82) is 0 Å². The van der Waals surface area contributed by atoms with E-state index in [1.165, 1.54) is 0 Å². The number of carbonyl (C=O) groups excluding carboxylic acids is 1. The Morgan fingerprint density at radius 3 is 2.39 bits per heavy atom. The fourth-order valence-electron chi connectivity index (χ4n) is 3.97. The topological polar surface area (TPSA) is 48.0 Å². The molecule has 1 aliphatic heterocycles. The van der Waals surface area contributed by atoms with Crippen molar-refractivity contribution in [1.82, 2.24) is 4.90 Å². The molecule has 5 nitrogen and oxygen atoms in total. The molecule has 2 rings (SSSR count). The molecular formula is C18H33NO4. The Morgan fingerprint density at radius 2 is 1.78 bits per heavy atom. The number of hydrogen-bond acceptors (Lipinski definition) is 5. The maximum absolute atomic E-state index is 11.8. The second-order valence-electron chi connectivity index (χ2n) is 6.96. The van der Waals surface area contributed by atoms with Crippen LogP contribution in [0.1, 0.15) is 46.5 Å². The largest absolute Gasteiger partial charge is 0.466 e. The van der Waals surface area contributed by atoms with Crippen molar-refractivity contribution in [3.05, 3.63) is 0 Å². The van der Waals surface area contributed by atoms with Crippen molar-refractivity contribution in [2.24, 2.45) is 11.8 Å². The summed E-state index contributed by atoms with van der Waals surface area (Å²) < 4.78 is 17.2. The molecule has 23 heavy (non-hydrogen) atoms.